The van der Waals surface area contributed by atoms with E-state index in [1.54, 1.807) is 0 Å². The molecule has 0 heterocycles. The zero-order valence-corrected chi connectivity index (χ0v) is 19.6. The minimum Gasteiger partial charge on any atom is -0.396 e. The molecule has 0 spiro atoms. The highest BCUT2D eigenvalue weighted by molar-refractivity contribution is 4.69. The summed E-state index contributed by atoms with van der Waals surface area (Å²) >= 11 is 0. The van der Waals surface area contributed by atoms with Crippen molar-refractivity contribution in [1.29, 1.82) is 0 Å². The quantitative estimate of drug-likeness (QED) is 0.203. The van der Waals surface area contributed by atoms with E-state index in [4.69, 9.17) is 5.11 Å². The molecule has 28 heavy (non-hydrogen) atoms. The first-order chi connectivity index (χ1) is 13.6. The van der Waals surface area contributed by atoms with E-state index < -0.39 is 0 Å². The molecule has 0 aliphatic heterocycles. The minimum atomic E-state index is -0.193. The molecule has 0 saturated carbocycles. The molecule has 2 N–H and O–H groups in total. The maximum atomic E-state index is 10.5. The Morgan fingerprint density at radius 1 is 0.643 bits per heavy atom. The van der Waals surface area contributed by atoms with Gasteiger partial charge in [0.1, 0.15) is 0 Å². The van der Waals surface area contributed by atoms with Crippen LogP contribution in [0, 0.1) is 5.92 Å². The smallest absolute Gasteiger partial charge is 0.0667 e. The molecule has 170 valence electrons. The Morgan fingerprint density at radius 3 is 1.75 bits per heavy atom. The molecule has 0 aliphatic rings. The molecule has 2 unspecified atom stereocenters. The molecule has 3 heteroatoms. The fourth-order valence-electron chi connectivity index (χ4n) is 4.06. The fourth-order valence-corrected chi connectivity index (χ4v) is 4.06. The Hall–Kier alpha value is -0.120. The molecule has 0 rings (SSSR count). The van der Waals surface area contributed by atoms with E-state index in [2.05, 4.69) is 25.7 Å². The van der Waals surface area contributed by atoms with Gasteiger partial charge in [0, 0.05) is 19.7 Å². The van der Waals surface area contributed by atoms with Gasteiger partial charge in [-0.15, -0.1) is 0 Å². The predicted octanol–water partition coefficient (Wildman–Crippen LogP) is 6.56. The highest BCUT2D eigenvalue weighted by atomic mass is 16.3. The average molecular weight is 400 g/mol. The molecule has 0 bridgehead atoms. The van der Waals surface area contributed by atoms with Crippen molar-refractivity contribution in [2.45, 2.75) is 130 Å². The number of unbranched alkanes of at least 4 members (excludes halogenated alkanes) is 11. The van der Waals surface area contributed by atoms with Crippen molar-refractivity contribution in [3.8, 4) is 0 Å². The van der Waals surface area contributed by atoms with Crippen LogP contribution in [0.3, 0.4) is 0 Å². The Labute approximate surface area is 177 Å². The third-order valence-corrected chi connectivity index (χ3v) is 5.86. The second-order valence-electron chi connectivity index (χ2n) is 9.06. The fraction of sp³-hybridized carbons (Fsp3) is 1.00. The molecule has 0 aromatic heterocycles. The molecule has 2 atom stereocenters. The first kappa shape index (κ1) is 27.9. The van der Waals surface area contributed by atoms with Crippen molar-refractivity contribution in [2.24, 2.45) is 5.92 Å². The van der Waals surface area contributed by atoms with Crippen LogP contribution in [0.15, 0.2) is 0 Å². The topological polar surface area (TPSA) is 43.7 Å². The van der Waals surface area contributed by atoms with Gasteiger partial charge in [-0.25, -0.2) is 0 Å². The van der Waals surface area contributed by atoms with Gasteiger partial charge in [-0.2, -0.15) is 0 Å². The molecule has 0 saturated heterocycles. The second-order valence-corrected chi connectivity index (χ2v) is 9.06. The maximum Gasteiger partial charge on any atom is 0.0667 e. The van der Waals surface area contributed by atoms with Gasteiger partial charge in [0.05, 0.1) is 6.10 Å². The minimum absolute atomic E-state index is 0.193. The lowest BCUT2D eigenvalue weighted by molar-refractivity contribution is 0.0921. The summed E-state index contributed by atoms with van der Waals surface area (Å²) in [7, 11) is 0. The number of nitrogens with zero attached hydrogens (tertiary/aromatic N) is 1. The van der Waals surface area contributed by atoms with E-state index in [9.17, 15) is 5.11 Å². The molecule has 0 fully saturated rings. The van der Waals surface area contributed by atoms with Crippen LogP contribution in [-0.2, 0) is 0 Å². The van der Waals surface area contributed by atoms with Crippen LogP contribution in [-0.4, -0.2) is 47.5 Å². The van der Waals surface area contributed by atoms with Gasteiger partial charge in [0.2, 0.25) is 0 Å². The molecule has 0 aliphatic carbocycles. The molecular formula is C25H53NO2. The van der Waals surface area contributed by atoms with Crippen molar-refractivity contribution in [3.63, 3.8) is 0 Å². The summed E-state index contributed by atoms with van der Waals surface area (Å²) in [5.74, 6) is 0.696. The van der Waals surface area contributed by atoms with Crippen LogP contribution in [0.2, 0.25) is 0 Å². The number of aliphatic hydroxyl groups excluding tert-OH is 2. The van der Waals surface area contributed by atoms with Gasteiger partial charge in [0.15, 0.2) is 0 Å². The van der Waals surface area contributed by atoms with E-state index >= 15 is 0 Å². The van der Waals surface area contributed by atoms with E-state index in [-0.39, 0.29) is 12.7 Å². The summed E-state index contributed by atoms with van der Waals surface area (Å²) in [5, 5.41) is 19.6. The first-order valence-corrected chi connectivity index (χ1v) is 12.6. The van der Waals surface area contributed by atoms with Gasteiger partial charge >= 0.3 is 0 Å². The molecule has 0 aromatic carbocycles. The van der Waals surface area contributed by atoms with E-state index in [0.29, 0.717) is 5.92 Å². The normalized spacial score (nSPS) is 13.9. The largest absolute Gasteiger partial charge is 0.396 e. The summed E-state index contributed by atoms with van der Waals surface area (Å²) in [4.78, 5) is 2.46. The Morgan fingerprint density at radius 2 is 1.18 bits per heavy atom. The predicted molar refractivity (Wildman–Crippen MR) is 124 cm³/mol. The zero-order chi connectivity index (χ0) is 20.9. The summed E-state index contributed by atoms with van der Waals surface area (Å²) < 4.78 is 0. The summed E-state index contributed by atoms with van der Waals surface area (Å²) in [6.07, 6.45) is 19.9. The van der Waals surface area contributed by atoms with Gasteiger partial charge in [-0.05, 0) is 38.1 Å². The highest BCUT2D eigenvalue weighted by Crippen LogP contribution is 2.15. The number of hydrogen-bond donors (Lipinski definition) is 2. The third-order valence-electron chi connectivity index (χ3n) is 5.86. The molecule has 0 aromatic rings. The van der Waals surface area contributed by atoms with Crippen LogP contribution in [0.25, 0.3) is 0 Å². The lowest BCUT2D eigenvalue weighted by Crippen LogP contribution is -2.36. The number of hydrogen-bond acceptors (Lipinski definition) is 3. The number of aliphatic hydroxyl groups is 2. The van der Waals surface area contributed by atoms with Gasteiger partial charge in [0.25, 0.3) is 0 Å². The third kappa shape index (κ3) is 19.2. The van der Waals surface area contributed by atoms with Crippen LogP contribution in [0.5, 0.6) is 0 Å². The van der Waals surface area contributed by atoms with Crippen LogP contribution in [0.4, 0.5) is 0 Å². The lowest BCUT2D eigenvalue weighted by atomic mass is 10.0. The van der Waals surface area contributed by atoms with E-state index in [1.165, 1.54) is 77.0 Å². The zero-order valence-electron chi connectivity index (χ0n) is 19.6. The van der Waals surface area contributed by atoms with Crippen molar-refractivity contribution in [1.82, 2.24) is 4.90 Å². The number of rotatable bonds is 22. The summed E-state index contributed by atoms with van der Waals surface area (Å²) in [5.41, 5.74) is 0. The van der Waals surface area contributed by atoms with Gasteiger partial charge in [-0.1, -0.05) is 97.8 Å². The van der Waals surface area contributed by atoms with E-state index in [1.807, 2.05) is 0 Å². The SMILES string of the molecule is CCCCCCCCC(C)CN(CCCCO)CC(O)CCCCCCCC. The highest BCUT2D eigenvalue weighted by Gasteiger charge is 2.14. The van der Waals surface area contributed by atoms with Crippen LogP contribution in [0.1, 0.15) is 124 Å². The Balaban J connectivity index is 4.04. The Kier molecular flexibility index (Phi) is 21.5. The summed E-state index contributed by atoms with van der Waals surface area (Å²) in [6.45, 7) is 10.1. The van der Waals surface area contributed by atoms with Crippen molar-refractivity contribution >= 4 is 0 Å². The van der Waals surface area contributed by atoms with E-state index in [0.717, 1.165) is 45.3 Å². The molecular weight excluding hydrogens is 346 g/mol. The van der Waals surface area contributed by atoms with Crippen molar-refractivity contribution < 1.29 is 10.2 Å². The molecule has 3 nitrogen and oxygen atoms in total. The monoisotopic (exact) mass is 399 g/mol. The molecule has 0 amide bonds. The maximum absolute atomic E-state index is 10.5. The first-order valence-electron chi connectivity index (χ1n) is 12.6. The average Bonchev–Trinajstić information content (AvgIpc) is 2.67. The van der Waals surface area contributed by atoms with Gasteiger partial charge < -0.3 is 15.1 Å². The summed E-state index contributed by atoms with van der Waals surface area (Å²) in [6, 6.07) is 0. The molecule has 0 radical (unpaired) electrons. The lowest BCUT2D eigenvalue weighted by Gasteiger charge is -2.28. The van der Waals surface area contributed by atoms with Crippen molar-refractivity contribution in [3.05, 3.63) is 0 Å². The van der Waals surface area contributed by atoms with Crippen LogP contribution >= 0.6 is 0 Å². The van der Waals surface area contributed by atoms with Crippen molar-refractivity contribution in [2.75, 3.05) is 26.2 Å². The Bertz CT molecular complexity index is 274. The van der Waals surface area contributed by atoms with Gasteiger partial charge in [-0.3, -0.25) is 0 Å². The standard InChI is InChI=1S/C25H53NO2/c1-4-6-8-10-12-14-18-24(3)22-26(20-16-17-21-27)23-25(28)19-15-13-11-9-7-5-2/h24-25,27-28H,4-23H2,1-3H3. The van der Waals surface area contributed by atoms with Crippen LogP contribution < -0.4 is 0 Å². The second kappa shape index (κ2) is 21.6.